The molecule has 80 valence electrons. The lowest BCUT2D eigenvalue weighted by molar-refractivity contribution is -0.142. The van der Waals surface area contributed by atoms with Crippen molar-refractivity contribution in [3.8, 4) is 0 Å². The van der Waals surface area contributed by atoms with Crippen LogP contribution >= 0.6 is 11.6 Å². The van der Waals surface area contributed by atoms with Crippen LogP contribution in [0.5, 0.6) is 0 Å². The third-order valence-corrected chi connectivity index (χ3v) is 2.61. The molecule has 1 aliphatic heterocycles. The summed E-state index contributed by atoms with van der Waals surface area (Å²) in [5, 5.41) is 2.71. The third kappa shape index (κ3) is 2.61. The third-order valence-electron chi connectivity index (χ3n) is 2.34. The minimum atomic E-state index is -0.341. The summed E-state index contributed by atoms with van der Waals surface area (Å²) in [7, 11) is 0. The molecule has 2 amide bonds. The van der Waals surface area contributed by atoms with Crippen LogP contribution in [-0.4, -0.2) is 41.7 Å². The lowest BCUT2D eigenvalue weighted by Gasteiger charge is -2.32. The predicted molar refractivity (Wildman–Crippen MR) is 54.1 cm³/mol. The molecule has 1 atom stereocenters. The van der Waals surface area contributed by atoms with Gasteiger partial charge >= 0.3 is 0 Å². The van der Waals surface area contributed by atoms with Gasteiger partial charge in [-0.25, -0.2) is 0 Å². The van der Waals surface area contributed by atoms with Crippen LogP contribution in [0.2, 0.25) is 0 Å². The smallest absolute Gasteiger partial charge is 0.242 e. The minimum Gasteiger partial charge on any atom is -0.353 e. The first-order valence-corrected chi connectivity index (χ1v) is 5.33. The fraction of sp³-hybridized carbons (Fsp3) is 0.778. The quantitative estimate of drug-likeness (QED) is 0.696. The topological polar surface area (TPSA) is 49.4 Å². The van der Waals surface area contributed by atoms with E-state index in [1.54, 1.807) is 11.8 Å². The molecule has 1 saturated heterocycles. The number of carbonyl (C=O) groups excluding carboxylic acids is 2. The maximum absolute atomic E-state index is 11.6. The second kappa shape index (κ2) is 5.20. The second-order valence-electron chi connectivity index (χ2n) is 3.35. The molecule has 4 nitrogen and oxygen atoms in total. The molecule has 1 fully saturated rings. The molecular formula is C9H15ClN2O2. The lowest BCUT2D eigenvalue weighted by Crippen LogP contribution is -2.55. The molecule has 1 aliphatic rings. The Morgan fingerprint density at radius 1 is 1.71 bits per heavy atom. The Bertz CT molecular complexity index is 233. The van der Waals surface area contributed by atoms with Gasteiger partial charge in [0, 0.05) is 25.4 Å². The average molecular weight is 219 g/mol. The Kier molecular flexibility index (Phi) is 4.20. The highest BCUT2D eigenvalue weighted by Crippen LogP contribution is 2.07. The van der Waals surface area contributed by atoms with E-state index in [2.05, 4.69) is 5.32 Å². The molecule has 5 heteroatoms. The van der Waals surface area contributed by atoms with Crippen molar-refractivity contribution >= 4 is 23.4 Å². The second-order valence-corrected chi connectivity index (χ2v) is 3.72. The average Bonchev–Trinajstić information content (AvgIpc) is 2.18. The van der Waals surface area contributed by atoms with E-state index in [-0.39, 0.29) is 17.9 Å². The van der Waals surface area contributed by atoms with Gasteiger partial charge in [0.25, 0.3) is 0 Å². The molecule has 1 heterocycles. The number of nitrogens with zero attached hydrogens (tertiary/aromatic N) is 1. The molecule has 1 N–H and O–H groups in total. The highest BCUT2D eigenvalue weighted by molar-refractivity contribution is 6.17. The number of halogens is 1. The van der Waals surface area contributed by atoms with Gasteiger partial charge < -0.3 is 10.2 Å². The Morgan fingerprint density at radius 2 is 2.43 bits per heavy atom. The van der Waals surface area contributed by atoms with E-state index >= 15 is 0 Å². The first kappa shape index (κ1) is 11.3. The van der Waals surface area contributed by atoms with Gasteiger partial charge in [0.15, 0.2) is 0 Å². The number of piperazine rings is 1. The van der Waals surface area contributed by atoms with E-state index in [4.69, 9.17) is 11.6 Å². The van der Waals surface area contributed by atoms with Crippen molar-refractivity contribution in [3.05, 3.63) is 0 Å². The number of alkyl halides is 1. The van der Waals surface area contributed by atoms with Gasteiger partial charge in [-0.2, -0.15) is 0 Å². The molecule has 0 aromatic rings. The fourth-order valence-electron chi connectivity index (χ4n) is 1.48. The zero-order chi connectivity index (χ0) is 10.6. The SMILES string of the molecule is CC1C(=O)NCCN1C(=O)CCCCl. The van der Waals surface area contributed by atoms with Crippen LogP contribution in [0.3, 0.4) is 0 Å². The van der Waals surface area contributed by atoms with Crippen molar-refractivity contribution in [2.24, 2.45) is 0 Å². The number of nitrogens with one attached hydrogen (secondary N) is 1. The van der Waals surface area contributed by atoms with Crippen LogP contribution < -0.4 is 5.32 Å². The summed E-state index contributed by atoms with van der Waals surface area (Å²) < 4.78 is 0. The van der Waals surface area contributed by atoms with Gasteiger partial charge in [0.05, 0.1) is 0 Å². The molecule has 1 rings (SSSR count). The summed E-state index contributed by atoms with van der Waals surface area (Å²) >= 11 is 5.50. The number of rotatable bonds is 3. The molecule has 0 bridgehead atoms. The lowest BCUT2D eigenvalue weighted by atomic mass is 10.2. The first-order valence-electron chi connectivity index (χ1n) is 4.80. The monoisotopic (exact) mass is 218 g/mol. The van der Waals surface area contributed by atoms with Gasteiger partial charge in [-0.05, 0) is 13.3 Å². The fourth-order valence-corrected chi connectivity index (χ4v) is 1.62. The molecule has 0 spiro atoms. The Morgan fingerprint density at radius 3 is 3.07 bits per heavy atom. The maximum atomic E-state index is 11.6. The van der Waals surface area contributed by atoms with Crippen molar-refractivity contribution in [3.63, 3.8) is 0 Å². The minimum absolute atomic E-state index is 0.0213. The van der Waals surface area contributed by atoms with Crippen molar-refractivity contribution in [2.75, 3.05) is 19.0 Å². The first-order chi connectivity index (χ1) is 6.66. The number of hydrogen-bond acceptors (Lipinski definition) is 2. The van der Waals surface area contributed by atoms with E-state index in [0.29, 0.717) is 31.8 Å². The summed E-state index contributed by atoms with van der Waals surface area (Å²) in [4.78, 5) is 24.5. The number of hydrogen-bond donors (Lipinski definition) is 1. The zero-order valence-electron chi connectivity index (χ0n) is 8.25. The van der Waals surface area contributed by atoms with Crippen LogP contribution in [0, 0.1) is 0 Å². The van der Waals surface area contributed by atoms with Gasteiger partial charge in [0.2, 0.25) is 11.8 Å². The van der Waals surface area contributed by atoms with Crippen LogP contribution in [-0.2, 0) is 9.59 Å². The molecule has 0 saturated carbocycles. The van der Waals surface area contributed by atoms with Gasteiger partial charge in [0.1, 0.15) is 6.04 Å². The normalized spacial score (nSPS) is 22.0. The van der Waals surface area contributed by atoms with E-state index in [0.717, 1.165) is 0 Å². The van der Waals surface area contributed by atoms with Crippen LogP contribution in [0.1, 0.15) is 19.8 Å². The van der Waals surface area contributed by atoms with Crippen LogP contribution in [0.15, 0.2) is 0 Å². The Labute approximate surface area is 88.6 Å². The molecule has 14 heavy (non-hydrogen) atoms. The summed E-state index contributed by atoms with van der Waals surface area (Å²) in [6, 6.07) is -0.341. The molecule has 0 aromatic carbocycles. The van der Waals surface area contributed by atoms with E-state index in [1.807, 2.05) is 0 Å². The molecular weight excluding hydrogens is 204 g/mol. The predicted octanol–water partition coefficient (Wildman–Crippen LogP) is 0.352. The standard InChI is InChI=1S/C9H15ClN2O2/c1-7-9(14)11-5-6-12(7)8(13)3-2-4-10/h7H,2-6H2,1H3,(H,11,14). The molecule has 0 aromatic heterocycles. The summed E-state index contributed by atoms with van der Waals surface area (Å²) in [5.74, 6) is 0.434. The van der Waals surface area contributed by atoms with Gasteiger partial charge in [-0.15, -0.1) is 11.6 Å². The molecule has 0 aliphatic carbocycles. The zero-order valence-corrected chi connectivity index (χ0v) is 9.01. The highest BCUT2D eigenvalue weighted by Gasteiger charge is 2.28. The molecule has 1 unspecified atom stereocenters. The summed E-state index contributed by atoms with van der Waals surface area (Å²) in [6.07, 6.45) is 1.10. The van der Waals surface area contributed by atoms with Crippen LogP contribution in [0.4, 0.5) is 0 Å². The van der Waals surface area contributed by atoms with Gasteiger partial charge in [-0.1, -0.05) is 0 Å². The summed E-state index contributed by atoms with van der Waals surface area (Å²) in [6.45, 7) is 2.90. The van der Waals surface area contributed by atoms with Crippen molar-refractivity contribution in [1.82, 2.24) is 10.2 Å². The van der Waals surface area contributed by atoms with Crippen molar-refractivity contribution < 1.29 is 9.59 Å². The Hall–Kier alpha value is -0.770. The van der Waals surface area contributed by atoms with E-state index in [9.17, 15) is 9.59 Å². The summed E-state index contributed by atoms with van der Waals surface area (Å²) in [5.41, 5.74) is 0. The van der Waals surface area contributed by atoms with E-state index < -0.39 is 0 Å². The number of carbonyl (C=O) groups is 2. The highest BCUT2D eigenvalue weighted by atomic mass is 35.5. The Balaban J connectivity index is 2.49. The maximum Gasteiger partial charge on any atom is 0.242 e. The van der Waals surface area contributed by atoms with Gasteiger partial charge in [-0.3, -0.25) is 9.59 Å². The van der Waals surface area contributed by atoms with Crippen LogP contribution in [0.25, 0.3) is 0 Å². The van der Waals surface area contributed by atoms with E-state index in [1.165, 1.54) is 0 Å². The van der Waals surface area contributed by atoms with Crippen molar-refractivity contribution in [1.29, 1.82) is 0 Å². The van der Waals surface area contributed by atoms with Crippen molar-refractivity contribution in [2.45, 2.75) is 25.8 Å². The largest absolute Gasteiger partial charge is 0.353 e. The number of amides is 2. The molecule has 0 radical (unpaired) electrons.